The molecule has 4 rings (SSSR count). The lowest BCUT2D eigenvalue weighted by molar-refractivity contribution is -0.189. The Bertz CT molecular complexity index is 1180. The number of halogens is 4. The van der Waals surface area contributed by atoms with Gasteiger partial charge in [0.05, 0.1) is 12.7 Å². The zero-order valence-corrected chi connectivity index (χ0v) is 22.9. The van der Waals surface area contributed by atoms with Crippen LogP contribution < -0.4 is 9.47 Å². The molecule has 2 heterocycles. The molecule has 1 amide bonds. The van der Waals surface area contributed by atoms with Crippen LogP contribution in [0.3, 0.4) is 0 Å². The van der Waals surface area contributed by atoms with Crippen LogP contribution in [0.1, 0.15) is 92.4 Å². The van der Waals surface area contributed by atoms with Crippen molar-refractivity contribution in [2.45, 2.75) is 83.2 Å². The minimum Gasteiger partial charge on any atom is -0.494 e. The molecule has 0 N–H and O–H groups in total. The van der Waals surface area contributed by atoms with Gasteiger partial charge in [0.15, 0.2) is 11.9 Å². The number of nitrogens with zero attached hydrogens (tertiary/aromatic N) is 3. The van der Waals surface area contributed by atoms with Crippen LogP contribution in [0.15, 0.2) is 30.5 Å². The predicted molar refractivity (Wildman–Crippen MR) is 139 cm³/mol. The van der Waals surface area contributed by atoms with Gasteiger partial charge in [-0.25, -0.2) is 4.39 Å². The number of aromatic nitrogens is 1. The summed E-state index contributed by atoms with van der Waals surface area (Å²) in [6.07, 6.45) is -2.36. The summed E-state index contributed by atoms with van der Waals surface area (Å²) in [7, 11) is 1.24. The summed E-state index contributed by atoms with van der Waals surface area (Å²) in [4.78, 5) is 19.4. The summed E-state index contributed by atoms with van der Waals surface area (Å²) >= 11 is 0. The van der Waals surface area contributed by atoms with Gasteiger partial charge in [-0.05, 0) is 69.2 Å². The van der Waals surface area contributed by atoms with Crippen molar-refractivity contribution in [1.82, 2.24) is 9.88 Å². The summed E-state index contributed by atoms with van der Waals surface area (Å²) in [6, 6.07) is 8.26. The van der Waals surface area contributed by atoms with Gasteiger partial charge in [0.25, 0.3) is 5.91 Å². The Labute approximate surface area is 226 Å². The molecule has 0 bridgehead atoms. The van der Waals surface area contributed by atoms with Crippen LogP contribution in [-0.2, 0) is 0 Å². The fourth-order valence-corrected chi connectivity index (χ4v) is 4.87. The molecule has 0 radical (unpaired) electrons. The van der Waals surface area contributed by atoms with E-state index in [1.807, 2.05) is 38.2 Å². The van der Waals surface area contributed by atoms with Crippen molar-refractivity contribution in [1.29, 1.82) is 5.26 Å². The Hall–Kier alpha value is -3.35. The molecule has 6 nitrogen and oxygen atoms in total. The van der Waals surface area contributed by atoms with Crippen LogP contribution in [0.2, 0.25) is 0 Å². The lowest BCUT2D eigenvalue weighted by Gasteiger charge is -2.39. The lowest BCUT2D eigenvalue weighted by atomic mass is 9.78. The van der Waals surface area contributed by atoms with Crippen molar-refractivity contribution in [3.63, 3.8) is 0 Å². The van der Waals surface area contributed by atoms with E-state index in [0.29, 0.717) is 25.9 Å². The largest absolute Gasteiger partial charge is 0.494 e. The highest BCUT2D eigenvalue weighted by atomic mass is 19.4. The number of nitriles is 1. The molecule has 1 atom stereocenters. The predicted octanol–water partition coefficient (Wildman–Crippen LogP) is 6.94. The average Bonchev–Trinajstić information content (AvgIpc) is 2.88. The number of benzene rings is 1. The van der Waals surface area contributed by atoms with Gasteiger partial charge >= 0.3 is 6.18 Å². The van der Waals surface area contributed by atoms with Crippen LogP contribution in [-0.4, -0.2) is 53.9 Å². The maximum absolute atomic E-state index is 14.1. The number of likely N-dealkylation sites (tertiary alicyclic amines) is 1. The molecule has 1 aromatic carbocycles. The molecular formula is C29H35F4N3O3. The molecule has 2 fully saturated rings. The van der Waals surface area contributed by atoms with Gasteiger partial charge in [-0.2, -0.15) is 18.4 Å². The van der Waals surface area contributed by atoms with Crippen LogP contribution in [0, 0.1) is 11.3 Å². The summed E-state index contributed by atoms with van der Waals surface area (Å²) in [6.45, 7) is 7.11. The minimum atomic E-state index is -4.63. The summed E-state index contributed by atoms with van der Waals surface area (Å²) in [5, 5.41) is 9.40. The number of ether oxygens (including phenoxy) is 2. The number of pyridine rings is 1. The van der Waals surface area contributed by atoms with Gasteiger partial charge in [0, 0.05) is 30.9 Å². The average molecular weight is 550 g/mol. The van der Waals surface area contributed by atoms with E-state index in [0.717, 1.165) is 31.0 Å². The van der Waals surface area contributed by atoms with Gasteiger partial charge in [0.1, 0.15) is 23.1 Å². The summed E-state index contributed by atoms with van der Waals surface area (Å²) in [5.41, 5.74) is 0.584. The quantitative estimate of drug-likeness (QED) is 0.365. The van der Waals surface area contributed by atoms with E-state index in [4.69, 9.17) is 9.47 Å². The molecule has 1 aliphatic heterocycles. The number of amides is 1. The third-order valence-corrected chi connectivity index (χ3v) is 7.32. The third-order valence-electron chi connectivity index (χ3n) is 7.32. The lowest BCUT2D eigenvalue weighted by Crippen LogP contribution is -2.49. The number of alkyl halides is 4. The highest BCUT2D eigenvalue weighted by molar-refractivity contribution is 6.01. The van der Waals surface area contributed by atoms with Crippen molar-refractivity contribution in [3.8, 4) is 17.6 Å². The zero-order chi connectivity index (χ0) is 29.0. The normalized spacial score (nSPS) is 22.1. The first-order chi connectivity index (χ1) is 18.4. The fourth-order valence-electron chi connectivity index (χ4n) is 4.87. The Kier molecular flexibility index (Phi) is 9.47. The van der Waals surface area contributed by atoms with E-state index in [1.54, 1.807) is 6.92 Å². The van der Waals surface area contributed by atoms with E-state index in [-0.39, 0.29) is 34.5 Å². The van der Waals surface area contributed by atoms with Crippen molar-refractivity contribution < 1.29 is 31.8 Å². The zero-order valence-electron chi connectivity index (χ0n) is 22.9. The minimum absolute atomic E-state index is 0.0166. The number of methoxy groups -OCH3 is 1. The molecule has 1 aliphatic carbocycles. The molecule has 2 aliphatic rings. The Morgan fingerprint density at radius 1 is 1.15 bits per heavy atom. The molecule has 39 heavy (non-hydrogen) atoms. The first-order valence-corrected chi connectivity index (χ1v) is 13.2. The maximum atomic E-state index is 14.1. The third kappa shape index (κ3) is 6.81. The van der Waals surface area contributed by atoms with Crippen molar-refractivity contribution in [2.24, 2.45) is 0 Å². The number of rotatable bonds is 6. The van der Waals surface area contributed by atoms with E-state index < -0.39 is 23.9 Å². The molecule has 10 heteroatoms. The Morgan fingerprint density at radius 2 is 1.79 bits per heavy atom. The van der Waals surface area contributed by atoms with E-state index in [1.165, 1.54) is 24.1 Å². The first kappa shape index (κ1) is 30.2. The molecule has 2 aromatic rings. The first-order valence-electron chi connectivity index (χ1n) is 13.2. The molecule has 1 saturated heterocycles. The standard InChI is InChI=1S/C27H29F4N3O3.C2H6/c1-16(27(29,30)31)37-22-7-5-18(12-32)24(36-3)23(22)25(35)34-14-20(15-34)21-6-4-19(13-33-21)17-8-10-26(2,28)11-9-17;1-2/h4-7,13,16-17,20H,8-11,14-15H2,1-3H3;1-2H3/t16-,17?,26?;/m0./s1. The van der Waals surface area contributed by atoms with Gasteiger partial charge < -0.3 is 14.4 Å². The van der Waals surface area contributed by atoms with Crippen molar-refractivity contribution in [2.75, 3.05) is 20.2 Å². The van der Waals surface area contributed by atoms with Crippen LogP contribution in [0.25, 0.3) is 0 Å². The highest BCUT2D eigenvalue weighted by Gasteiger charge is 2.41. The van der Waals surface area contributed by atoms with E-state index >= 15 is 0 Å². The molecular weight excluding hydrogens is 514 g/mol. The molecule has 0 spiro atoms. The smallest absolute Gasteiger partial charge is 0.425 e. The van der Waals surface area contributed by atoms with Crippen LogP contribution >= 0.6 is 0 Å². The number of carbonyl (C=O) groups excluding carboxylic acids is 1. The molecule has 212 valence electrons. The second-order valence-electron chi connectivity index (χ2n) is 10.0. The SMILES string of the molecule is CC.COc1c(C#N)ccc(O[C@@H](C)C(F)(F)F)c1C(=O)N1CC(c2ccc(C3CCC(C)(F)CC3)cn2)C1. The van der Waals surface area contributed by atoms with Crippen LogP contribution in [0.4, 0.5) is 17.6 Å². The van der Waals surface area contributed by atoms with Crippen molar-refractivity contribution >= 4 is 5.91 Å². The molecule has 1 saturated carbocycles. The molecule has 0 unspecified atom stereocenters. The van der Waals surface area contributed by atoms with Gasteiger partial charge in [-0.1, -0.05) is 19.9 Å². The number of hydrogen-bond donors (Lipinski definition) is 0. The number of hydrogen-bond acceptors (Lipinski definition) is 5. The second-order valence-corrected chi connectivity index (χ2v) is 10.0. The number of carbonyl (C=O) groups is 1. The summed E-state index contributed by atoms with van der Waals surface area (Å²) in [5.74, 6) is -0.761. The van der Waals surface area contributed by atoms with Gasteiger partial charge in [0.2, 0.25) is 0 Å². The Balaban J connectivity index is 0.00000205. The van der Waals surface area contributed by atoms with E-state index in [2.05, 4.69) is 4.98 Å². The maximum Gasteiger partial charge on any atom is 0.425 e. The topological polar surface area (TPSA) is 75.5 Å². The molecule has 1 aromatic heterocycles. The summed E-state index contributed by atoms with van der Waals surface area (Å²) < 4.78 is 63.8. The highest BCUT2D eigenvalue weighted by Crippen LogP contribution is 2.41. The fraction of sp³-hybridized carbons (Fsp3) is 0.552. The van der Waals surface area contributed by atoms with Crippen molar-refractivity contribution in [3.05, 3.63) is 52.8 Å². The Morgan fingerprint density at radius 3 is 2.31 bits per heavy atom. The van der Waals surface area contributed by atoms with Gasteiger partial charge in [-0.15, -0.1) is 0 Å². The van der Waals surface area contributed by atoms with Gasteiger partial charge in [-0.3, -0.25) is 9.78 Å². The second kappa shape index (κ2) is 12.2. The van der Waals surface area contributed by atoms with E-state index in [9.17, 15) is 27.6 Å². The monoisotopic (exact) mass is 549 g/mol. The van der Waals surface area contributed by atoms with Crippen LogP contribution in [0.5, 0.6) is 11.5 Å².